The van der Waals surface area contributed by atoms with Crippen LogP contribution in [0.3, 0.4) is 0 Å². The summed E-state index contributed by atoms with van der Waals surface area (Å²) >= 11 is 0. The number of carbonyl (C=O) groups excluding carboxylic acids is 1. The molecule has 1 aromatic carbocycles. The van der Waals surface area contributed by atoms with Crippen LogP contribution in [0.1, 0.15) is 12.5 Å². The Morgan fingerprint density at radius 1 is 1.44 bits per heavy atom. The van der Waals surface area contributed by atoms with Crippen LogP contribution in [-0.2, 0) is 21.4 Å². The molecule has 1 atom stereocenters. The lowest BCUT2D eigenvalue weighted by atomic mass is 10.2. The zero-order valence-corrected chi connectivity index (χ0v) is 10.6. The molecule has 0 aliphatic rings. The van der Waals surface area contributed by atoms with Crippen LogP contribution in [0.5, 0.6) is 0 Å². The normalized spacial score (nSPS) is 12.5. The molecule has 18 heavy (non-hydrogen) atoms. The summed E-state index contributed by atoms with van der Waals surface area (Å²) in [5.74, 6) is -1.08. The van der Waals surface area contributed by atoms with Gasteiger partial charge in [0.2, 0.25) is 15.9 Å². The average molecular weight is 267 g/mol. The molecule has 1 amide bonds. The van der Waals surface area contributed by atoms with Crippen LogP contribution in [0.4, 0.5) is 0 Å². The molecular weight excluding hydrogens is 254 g/mol. The third-order valence-electron chi connectivity index (χ3n) is 2.31. The summed E-state index contributed by atoms with van der Waals surface area (Å²) in [7, 11) is -3.70. The zero-order chi connectivity index (χ0) is 13.8. The minimum atomic E-state index is -3.70. The third-order valence-corrected chi connectivity index (χ3v) is 3.23. The number of amides is 1. The van der Waals surface area contributed by atoms with Gasteiger partial charge in [0.25, 0.3) is 0 Å². The second-order valence-electron chi connectivity index (χ2n) is 3.76. The molecule has 96 valence electrons. The Balaban J connectivity index is 2.66. The molecule has 0 aromatic heterocycles. The molecule has 0 fully saturated rings. The maximum absolute atomic E-state index is 11.3. The van der Waals surface area contributed by atoms with Crippen molar-refractivity contribution >= 4 is 15.9 Å². The summed E-state index contributed by atoms with van der Waals surface area (Å²) < 4.78 is 22.0. The number of nitrogens with zero attached hydrogens (tertiary/aromatic N) is 1. The van der Waals surface area contributed by atoms with E-state index in [0.717, 1.165) is 5.56 Å². The highest BCUT2D eigenvalue weighted by atomic mass is 32.2. The van der Waals surface area contributed by atoms with Crippen molar-refractivity contribution in [1.29, 1.82) is 5.26 Å². The molecule has 0 aliphatic heterocycles. The predicted octanol–water partition coefficient (Wildman–Crippen LogP) is 0.110. The van der Waals surface area contributed by atoms with Crippen LogP contribution in [0, 0.1) is 17.2 Å². The lowest BCUT2D eigenvalue weighted by Crippen LogP contribution is -2.27. The van der Waals surface area contributed by atoms with Gasteiger partial charge in [-0.05, 0) is 24.6 Å². The van der Waals surface area contributed by atoms with Gasteiger partial charge in [-0.25, -0.2) is 13.6 Å². The van der Waals surface area contributed by atoms with Crippen LogP contribution in [0.25, 0.3) is 0 Å². The summed E-state index contributed by atoms with van der Waals surface area (Å²) in [6.45, 7) is 1.73. The number of rotatable bonds is 4. The van der Waals surface area contributed by atoms with Crippen molar-refractivity contribution < 1.29 is 13.2 Å². The second kappa shape index (κ2) is 5.62. The number of sulfonamides is 1. The van der Waals surface area contributed by atoms with E-state index in [-0.39, 0.29) is 17.3 Å². The molecule has 7 heteroatoms. The Labute approximate surface area is 105 Å². The van der Waals surface area contributed by atoms with E-state index in [4.69, 9.17) is 10.4 Å². The van der Waals surface area contributed by atoms with Crippen molar-refractivity contribution in [1.82, 2.24) is 5.32 Å². The number of nitrogens with one attached hydrogen (secondary N) is 1. The van der Waals surface area contributed by atoms with Gasteiger partial charge in [0, 0.05) is 6.54 Å². The first-order valence-corrected chi connectivity index (χ1v) is 6.68. The van der Waals surface area contributed by atoms with E-state index in [1.54, 1.807) is 12.1 Å². The average Bonchev–Trinajstić information content (AvgIpc) is 2.34. The Morgan fingerprint density at radius 2 is 2.00 bits per heavy atom. The number of benzene rings is 1. The van der Waals surface area contributed by atoms with Crippen LogP contribution < -0.4 is 10.5 Å². The maximum atomic E-state index is 11.3. The first-order chi connectivity index (χ1) is 8.34. The predicted molar refractivity (Wildman–Crippen MR) is 64.4 cm³/mol. The number of hydrogen-bond donors (Lipinski definition) is 2. The van der Waals surface area contributed by atoms with Gasteiger partial charge < -0.3 is 5.32 Å². The molecule has 0 radical (unpaired) electrons. The number of nitriles is 1. The van der Waals surface area contributed by atoms with Crippen molar-refractivity contribution in [2.24, 2.45) is 11.1 Å². The zero-order valence-electron chi connectivity index (χ0n) is 9.75. The van der Waals surface area contributed by atoms with Crippen molar-refractivity contribution in [3.05, 3.63) is 29.8 Å². The quantitative estimate of drug-likeness (QED) is 0.805. The van der Waals surface area contributed by atoms with Crippen LogP contribution >= 0.6 is 0 Å². The standard InChI is InChI=1S/C11H13N3O3S/c1-8(6-12)11(15)14-7-9-2-4-10(5-3-9)18(13,16)17/h2-5,8H,7H2,1H3,(H,14,15)(H2,13,16,17). The van der Waals surface area contributed by atoms with Gasteiger partial charge in [-0.3, -0.25) is 4.79 Å². The van der Waals surface area contributed by atoms with Crippen LogP contribution in [0.15, 0.2) is 29.2 Å². The summed E-state index contributed by atoms with van der Waals surface area (Å²) in [4.78, 5) is 11.3. The number of primary sulfonamides is 1. The maximum Gasteiger partial charge on any atom is 0.238 e. The molecular formula is C11H13N3O3S. The monoisotopic (exact) mass is 267 g/mol. The van der Waals surface area contributed by atoms with Gasteiger partial charge in [-0.1, -0.05) is 12.1 Å². The fourth-order valence-corrected chi connectivity index (χ4v) is 1.71. The first-order valence-electron chi connectivity index (χ1n) is 5.13. The first kappa shape index (κ1) is 14.2. The molecule has 6 nitrogen and oxygen atoms in total. The van der Waals surface area contributed by atoms with E-state index in [9.17, 15) is 13.2 Å². The number of hydrogen-bond acceptors (Lipinski definition) is 4. The van der Waals surface area contributed by atoms with Crippen molar-refractivity contribution in [2.75, 3.05) is 0 Å². The molecule has 0 spiro atoms. The molecule has 0 heterocycles. The fourth-order valence-electron chi connectivity index (χ4n) is 1.20. The van der Waals surface area contributed by atoms with E-state index in [0.29, 0.717) is 0 Å². The number of nitrogens with two attached hydrogens (primary N) is 1. The highest BCUT2D eigenvalue weighted by Crippen LogP contribution is 2.08. The van der Waals surface area contributed by atoms with E-state index in [1.165, 1.54) is 19.1 Å². The van der Waals surface area contributed by atoms with E-state index in [2.05, 4.69) is 5.32 Å². The smallest absolute Gasteiger partial charge is 0.238 e. The lowest BCUT2D eigenvalue weighted by molar-refractivity contribution is -0.123. The highest BCUT2D eigenvalue weighted by Gasteiger charge is 2.11. The Morgan fingerprint density at radius 3 is 2.44 bits per heavy atom. The summed E-state index contributed by atoms with van der Waals surface area (Å²) in [6.07, 6.45) is 0. The van der Waals surface area contributed by atoms with Gasteiger partial charge in [0.15, 0.2) is 0 Å². The van der Waals surface area contributed by atoms with E-state index < -0.39 is 15.9 Å². The Bertz CT molecular complexity index is 573. The molecule has 3 N–H and O–H groups in total. The van der Waals surface area contributed by atoms with Gasteiger partial charge in [-0.15, -0.1) is 0 Å². The van der Waals surface area contributed by atoms with Gasteiger partial charge in [-0.2, -0.15) is 5.26 Å². The molecule has 0 saturated carbocycles. The van der Waals surface area contributed by atoms with Crippen molar-refractivity contribution in [3.8, 4) is 6.07 Å². The minimum Gasteiger partial charge on any atom is -0.351 e. The molecule has 1 unspecified atom stereocenters. The molecule has 1 rings (SSSR count). The fraction of sp³-hybridized carbons (Fsp3) is 0.273. The van der Waals surface area contributed by atoms with E-state index in [1.807, 2.05) is 6.07 Å². The van der Waals surface area contributed by atoms with Crippen molar-refractivity contribution in [2.45, 2.75) is 18.4 Å². The van der Waals surface area contributed by atoms with Crippen LogP contribution in [0.2, 0.25) is 0 Å². The summed E-state index contributed by atoms with van der Waals surface area (Å²) in [5, 5.41) is 16.1. The van der Waals surface area contributed by atoms with Crippen molar-refractivity contribution in [3.63, 3.8) is 0 Å². The van der Waals surface area contributed by atoms with Gasteiger partial charge >= 0.3 is 0 Å². The second-order valence-corrected chi connectivity index (χ2v) is 5.32. The van der Waals surface area contributed by atoms with E-state index >= 15 is 0 Å². The van der Waals surface area contributed by atoms with Gasteiger partial charge in [0.1, 0.15) is 5.92 Å². The topological polar surface area (TPSA) is 113 Å². The highest BCUT2D eigenvalue weighted by molar-refractivity contribution is 7.89. The molecule has 0 aliphatic carbocycles. The third kappa shape index (κ3) is 3.84. The Hall–Kier alpha value is -1.91. The largest absolute Gasteiger partial charge is 0.351 e. The Kier molecular flexibility index (Phi) is 4.42. The van der Waals surface area contributed by atoms with Crippen LogP contribution in [-0.4, -0.2) is 14.3 Å². The van der Waals surface area contributed by atoms with Gasteiger partial charge in [0.05, 0.1) is 11.0 Å². The molecule has 0 saturated heterocycles. The SMILES string of the molecule is CC(C#N)C(=O)NCc1ccc(S(N)(=O)=O)cc1. The summed E-state index contributed by atoms with van der Waals surface area (Å²) in [5.41, 5.74) is 0.723. The minimum absolute atomic E-state index is 0.0166. The lowest BCUT2D eigenvalue weighted by Gasteiger charge is -2.06. The molecule has 1 aromatic rings. The summed E-state index contributed by atoms with van der Waals surface area (Å²) in [6, 6.07) is 7.66. The number of carbonyl (C=O) groups is 1. The molecule has 0 bridgehead atoms.